The van der Waals surface area contributed by atoms with Gasteiger partial charge in [0, 0.05) is 18.4 Å². The standard InChI is InChI=1S/C19H19N5O3/c1-9-7-13(16-10(2)23-24(4)17(16)20-9)19(26)21-12-5-6-15-14(8-12)22-18(25)11(3)27-15/h5-8,11H,1-4H3,(H,21,26)(H,22,25). The van der Waals surface area contributed by atoms with Crippen molar-refractivity contribution in [2.24, 2.45) is 7.05 Å². The van der Waals surface area contributed by atoms with E-state index >= 15 is 0 Å². The van der Waals surface area contributed by atoms with Gasteiger partial charge in [0.25, 0.3) is 11.8 Å². The molecule has 2 amide bonds. The molecule has 1 aliphatic rings. The summed E-state index contributed by atoms with van der Waals surface area (Å²) in [6.07, 6.45) is -0.542. The van der Waals surface area contributed by atoms with Crippen molar-refractivity contribution in [1.82, 2.24) is 14.8 Å². The highest BCUT2D eigenvalue weighted by molar-refractivity contribution is 6.13. The van der Waals surface area contributed by atoms with Gasteiger partial charge in [-0.3, -0.25) is 14.3 Å². The molecule has 0 radical (unpaired) electrons. The van der Waals surface area contributed by atoms with Gasteiger partial charge in [-0.25, -0.2) is 4.98 Å². The van der Waals surface area contributed by atoms with Gasteiger partial charge < -0.3 is 15.4 Å². The minimum absolute atomic E-state index is 0.219. The highest BCUT2D eigenvalue weighted by atomic mass is 16.5. The molecule has 8 heteroatoms. The van der Waals surface area contributed by atoms with Crippen LogP contribution in [0.15, 0.2) is 24.3 Å². The lowest BCUT2D eigenvalue weighted by atomic mass is 10.1. The van der Waals surface area contributed by atoms with Crippen molar-refractivity contribution >= 4 is 34.2 Å². The van der Waals surface area contributed by atoms with Crippen LogP contribution in [0.1, 0.15) is 28.7 Å². The minimum Gasteiger partial charge on any atom is -0.479 e. The number of ether oxygens (including phenoxy) is 1. The number of benzene rings is 1. The number of nitrogens with one attached hydrogen (secondary N) is 2. The van der Waals surface area contributed by atoms with Crippen LogP contribution in [-0.2, 0) is 11.8 Å². The Labute approximate surface area is 155 Å². The summed E-state index contributed by atoms with van der Waals surface area (Å²) >= 11 is 0. The summed E-state index contributed by atoms with van der Waals surface area (Å²) in [5.41, 5.74) is 3.74. The van der Waals surface area contributed by atoms with Gasteiger partial charge in [0.2, 0.25) is 0 Å². The van der Waals surface area contributed by atoms with Gasteiger partial charge >= 0.3 is 0 Å². The molecule has 0 spiro atoms. The molecule has 2 N–H and O–H groups in total. The zero-order chi connectivity index (χ0) is 19.3. The van der Waals surface area contributed by atoms with E-state index in [1.165, 1.54) is 0 Å². The van der Waals surface area contributed by atoms with Crippen LogP contribution in [0.5, 0.6) is 5.75 Å². The second-order valence-corrected chi connectivity index (χ2v) is 6.63. The first-order valence-corrected chi connectivity index (χ1v) is 8.57. The van der Waals surface area contributed by atoms with Crippen LogP contribution >= 0.6 is 0 Å². The maximum absolute atomic E-state index is 12.9. The lowest BCUT2D eigenvalue weighted by Crippen LogP contribution is -2.34. The predicted octanol–water partition coefficient (Wildman–Crippen LogP) is 2.56. The van der Waals surface area contributed by atoms with E-state index in [4.69, 9.17) is 4.74 Å². The van der Waals surface area contributed by atoms with Gasteiger partial charge in [-0.15, -0.1) is 0 Å². The molecule has 138 valence electrons. The number of hydrogen-bond donors (Lipinski definition) is 2. The fourth-order valence-corrected chi connectivity index (χ4v) is 3.23. The zero-order valence-electron chi connectivity index (χ0n) is 15.5. The summed E-state index contributed by atoms with van der Waals surface area (Å²) in [7, 11) is 1.80. The monoisotopic (exact) mass is 365 g/mol. The third-order valence-corrected chi connectivity index (χ3v) is 4.51. The largest absolute Gasteiger partial charge is 0.479 e. The lowest BCUT2D eigenvalue weighted by molar-refractivity contribution is -0.122. The SMILES string of the molecule is Cc1cc(C(=O)Nc2ccc3c(c2)NC(=O)C(C)O3)c2c(C)nn(C)c2n1. The van der Waals surface area contributed by atoms with Gasteiger partial charge in [0.1, 0.15) is 5.75 Å². The molecule has 1 unspecified atom stereocenters. The van der Waals surface area contributed by atoms with E-state index in [1.807, 2.05) is 13.8 Å². The number of carbonyl (C=O) groups is 2. The maximum atomic E-state index is 12.9. The smallest absolute Gasteiger partial charge is 0.265 e. The first kappa shape index (κ1) is 17.0. The van der Waals surface area contributed by atoms with Crippen LogP contribution in [0.4, 0.5) is 11.4 Å². The Morgan fingerprint density at radius 2 is 2.07 bits per heavy atom. The Balaban J connectivity index is 1.69. The molecule has 0 saturated heterocycles. The molecule has 1 atom stereocenters. The molecule has 3 heterocycles. The summed E-state index contributed by atoms with van der Waals surface area (Å²) in [6.45, 7) is 5.37. The van der Waals surface area contributed by atoms with Gasteiger partial charge in [-0.05, 0) is 45.0 Å². The van der Waals surface area contributed by atoms with Crippen molar-refractivity contribution in [2.45, 2.75) is 26.9 Å². The summed E-state index contributed by atoms with van der Waals surface area (Å²) in [5, 5.41) is 10.7. The average Bonchev–Trinajstić information content (AvgIpc) is 2.89. The first-order valence-electron chi connectivity index (χ1n) is 8.57. The molecule has 0 bridgehead atoms. The predicted molar refractivity (Wildman–Crippen MR) is 101 cm³/mol. The minimum atomic E-state index is -0.542. The summed E-state index contributed by atoms with van der Waals surface area (Å²) in [4.78, 5) is 29.2. The molecule has 3 aromatic rings. The molecule has 1 aliphatic heterocycles. The van der Waals surface area contributed by atoms with E-state index in [0.717, 1.165) is 16.8 Å². The Kier molecular flexibility index (Phi) is 3.83. The number of anilines is 2. The van der Waals surface area contributed by atoms with Crippen LogP contribution < -0.4 is 15.4 Å². The molecular weight excluding hydrogens is 346 g/mol. The zero-order valence-corrected chi connectivity index (χ0v) is 15.5. The molecule has 0 fully saturated rings. The van der Waals surface area contributed by atoms with Crippen molar-refractivity contribution in [1.29, 1.82) is 0 Å². The Hall–Kier alpha value is -3.42. The third-order valence-electron chi connectivity index (χ3n) is 4.51. The fraction of sp³-hybridized carbons (Fsp3) is 0.263. The second-order valence-electron chi connectivity index (χ2n) is 6.63. The maximum Gasteiger partial charge on any atom is 0.265 e. The van der Waals surface area contributed by atoms with Crippen LogP contribution in [0.25, 0.3) is 11.0 Å². The topological polar surface area (TPSA) is 98.1 Å². The number of aryl methyl sites for hydroxylation is 3. The molecule has 8 nitrogen and oxygen atoms in total. The van der Waals surface area contributed by atoms with Gasteiger partial charge in [-0.2, -0.15) is 5.10 Å². The highest BCUT2D eigenvalue weighted by Gasteiger charge is 2.24. The average molecular weight is 365 g/mol. The van der Waals surface area contributed by atoms with E-state index in [0.29, 0.717) is 28.3 Å². The van der Waals surface area contributed by atoms with E-state index in [1.54, 1.807) is 42.9 Å². The number of hydrogen-bond acceptors (Lipinski definition) is 5. The van der Waals surface area contributed by atoms with Gasteiger partial charge in [0.15, 0.2) is 11.8 Å². The summed E-state index contributed by atoms with van der Waals surface area (Å²) in [5.74, 6) is 0.0896. The Morgan fingerprint density at radius 3 is 2.85 bits per heavy atom. The highest BCUT2D eigenvalue weighted by Crippen LogP contribution is 2.32. The van der Waals surface area contributed by atoms with E-state index < -0.39 is 6.10 Å². The van der Waals surface area contributed by atoms with Gasteiger partial charge in [-0.1, -0.05) is 0 Å². The van der Waals surface area contributed by atoms with Crippen molar-refractivity contribution in [3.05, 3.63) is 41.2 Å². The Bertz CT molecular complexity index is 1100. The number of amides is 2. The fourth-order valence-electron chi connectivity index (χ4n) is 3.23. The lowest BCUT2D eigenvalue weighted by Gasteiger charge is -2.23. The van der Waals surface area contributed by atoms with Crippen LogP contribution in [0.2, 0.25) is 0 Å². The van der Waals surface area contributed by atoms with E-state index in [9.17, 15) is 9.59 Å². The van der Waals surface area contributed by atoms with Gasteiger partial charge in [0.05, 0.1) is 22.3 Å². The summed E-state index contributed by atoms with van der Waals surface area (Å²) < 4.78 is 7.20. The van der Waals surface area contributed by atoms with Crippen molar-refractivity contribution in [3.63, 3.8) is 0 Å². The first-order chi connectivity index (χ1) is 12.8. The molecular formula is C19H19N5O3. The van der Waals surface area contributed by atoms with Crippen molar-refractivity contribution in [3.8, 4) is 5.75 Å². The van der Waals surface area contributed by atoms with E-state index in [-0.39, 0.29) is 11.8 Å². The quantitative estimate of drug-likeness (QED) is 0.727. The number of aromatic nitrogens is 3. The number of nitrogens with zero attached hydrogens (tertiary/aromatic N) is 3. The number of rotatable bonds is 2. The Morgan fingerprint density at radius 1 is 1.30 bits per heavy atom. The van der Waals surface area contributed by atoms with E-state index in [2.05, 4.69) is 20.7 Å². The molecule has 0 aliphatic carbocycles. The number of fused-ring (bicyclic) bond motifs is 2. The van der Waals surface area contributed by atoms with Crippen molar-refractivity contribution < 1.29 is 14.3 Å². The second kappa shape index (κ2) is 6.08. The van der Waals surface area contributed by atoms with Crippen molar-refractivity contribution in [2.75, 3.05) is 10.6 Å². The molecule has 0 saturated carbocycles. The number of pyridine rings is 1. The summed E-state index contributed by atoms with van der Waals surface area (Å²) in [6, 6.07) is 6.89. The van der Waals surface area contributed by atoms with Crippen LogP contribution in [0, 0.1) is 13.8 Å². The van der Waals surface area contributed by atoms with Crippen LogP contribution in [-0.4, -0.2) is 32.7 Å². The molecule has 1 aromatic carbocycles. The third kappa shape index (κ3) is 2.88. The number of carbonyl (C=O) groups excluding carboxylic acids is 2. The van der Waals surface area contributed by atoms with Crippen LogP contribution in [0.3, 0.4) is 0 Å². The normalized spacial score (nSPS) is 15.9. The molecule has 4 rings (SSSR count). The molecule has 27 heavy (non-hydrogen) atoms. The molecule has 2 aromatic heterocycles.